The van der Waals surface area contributed by atoms with Crippen LogP contribution in [0.5, 0.6) is 0 Å². The summed E-state index contributed by atoms with van der Waals surface area (Å²) in [5.74, 6) is 0.321. The molecule has 7 nitrogen and oxygen atoms in total. The smallest absolute Gasteiger partial charge is 0.166 e. The maximum atomic E-state index is 10.3. The van der Waals surface area contributed by atoms with Gasteiger partial charge in [-0.05, 0) is 6.92 Å². The van der Waals surface area contributed by atoms with Gasteiger partial charge < -0.3 is 15.9 Å². The first kappa shape index (κ1) is 11.7. The van der Waals surface area contributed by atoms with Crippen LogP contribution in [0.25, 0.3) is 11.2 Å². The van der Waals surface area contributed by atoms with E-state index in [-0.39, 0.29) is 17.2 Å². The van der Waals surface area contributed by atoms with E-state index >= 15 is 0 Å². The van der Waals surface area contributed by atoms with E-state index in [1.54, 1.807) is 17.8 Å². The van der Waals surface area contributed by atoms with Gasteiger partial charge in [0.1, 0.15) is 22.8 Å². The molecular weight excluding hydrogens is 254 g/mol. The molecule has 3 atom stereocenters. The van der Waals surface area contributed by atoms with Gasteiger partial charge in [0, 0.05) is 0 Å². The minimum absolute atomic E-state index is 0.0576. The lowest BCUT2D eigenvalue weighted by molar-refractivity contribution is 0.00190. The van der Waals surface area contributed by atoms with E-state index in [9.17, 15) is 5.11 Å². The van der Waals surface area contributed by atoms with E-state index in [0.717, 1.165) is 0 Å². The summed E-state index contributed by atoms with van der Waals surface area (Å²) < 4.78 is 1.77. The van der Waals surface area contributed by atoms with Crippen LogP contribution in [0.2, 0.25) is 0 Å². The number of hydrogen-bond acceptors (Lipinski definition) is 7. The van der Waals surface area contributed by atoms with Crippen molar-refractivity contribution in [1.82, 2.24) is 19.5 Å². The molecule has 2 aromatic rings. The van der Waals surface area contributed by atoms with Crippen molar-refractivity contribution < 1.29 is 10.2 Å². The van der Waals surface area contributed by atoms with Gasteiger partial charge in [0.25, 0.3) is 0 Å². The van der Waals surface area contributed by atoms with E-state index < -0.39 is 5.60 Å². The lowest BCUT2D eigenvalue weighted by Gasteiger charge is -2.49. The van der Waals surface area contributed by atoms with Crippen LogP contribution in [0.3, 0.4) is 0 Å². The van der Waals surface area contributed by atoms with Crippen LogP contribution < -0.4 is 5.73 Å². The molecule has 3 unspecified atom stereocenters. The van der Waals surface area contributed by atoms with Gasteiger partial charge in [-0.3, -0.25) is 4.57 Å². The number of aromatic nitrogens is 4. The molecule has 0 saturated carbocycles. The number of nitrogens with zero attached hydrogens (tertiary/aromatic N) is 4. The highest BCUT2D eigenvalue weighted by Gasteiger charge is 2.52. The number of rotatable bonds is 2. The number of nitrogens with two attached hydrogens (primary N) is 1. The van der Waals surface area contributed by atoms with E-state index in [0.29, 0.717) is 17.0 Å². The zero-order valence-electron chi connectivity index (χ0n) is 9.69. The van der Waals surface area contributed by atoms with Gasteiger partial charge in [0.05, 0.1) is 18.2 Å². The molecule has 3 rings (SSSR count). The van der Waals surface area contributed by atoms with E-state index in [1.165, 1.54) is 18.1 Å². The molecule has 0 aliphatic carbocycles. The maximum absolute atomic E-state index is 10.3. The minimum atomic E-state index is -0.993. The number of aliphatic hydroxyl groups is 2. The first-order valence-corrected chi connectivity index (χ1v) is 6.41. The van der Waals surface area contributed by atoms with Gasteiger partial charge in [0.15, 0.2) is 11.5 Å². The van der Waals surface area contributed by atoms with Crippen molar-refractivity contribution in [3.05, 3.63) is 12.7 Å². The van der Waals surface area contributed by atoms with Crippen LogP contribution in [0, 0.1) is 0 Å². The van der Waals surface area contributed by atoms with Crippen molar-refractivity contribution >= 4 is 28.7 Å². The molecule has 1 saturated heterocycles. The summed E-state index contributed by atoms with van der Waals surface area (Å²) in [6, 6.07) is 0. The summed E-state index contributed by atoms with van der Waals surface area (Å²) in [5.41, 5.74) is 5.84. The summed E-state index contributed by atoms with van der Waals surface area (Å²) in [6.07, 6.45) is 2.97. The highest BCUT2D eigenvalue weighted by atomic mass is 32.2. The predicted molar refractivity (Wildman–Crippen MR) is 67.9 cm³/mol. The second-order valence-corrected chi connectivity index (χ2v) is 5.76. The van der Waals surface area contributed by atoms with Gasteiger partial charge >= 0.3 is 0 Å². The Labute approximate surface area is 107 Å². The van der Waals surface area contributed by atoms with Crippen LogP contribution in [-0.2, 0) is 0 Å². The van der Waals surface area contributed by atoms with Crippen molar-refractivity contribution in [2.45, 2.75) is 23.1 Å². The molecule has 1 aliphatic rings. The van der Waals surface area contributed by atoms with Crippen molar-refractivity contribution in [2.24, 2.45) is 0 Å². The third-order valence-corrected chi connectivity index (χ3v) is 5.17. The van der Waals surface area contributed by atoms with Crippen LogP contribution in [0.4, 0.5) is 5.82 Å². The molecule has 0 aromatic carbocycles. The standard InChI is InChI=1S/C10H13N5O2S/c1-10(17)5(2-16)18-9(10)15-4-14-6-7(11)12-3-13-8(6)15/h3-5,9,16-17H,2H2,1H3,(H2,11,12,13). The Balaban J connectivity index is 2.04. The van der Waals surface area contributed by atoms with Crippen molar-refractivity contribution in [2.75, 3.05) is 12.3 Å². The number of hydrogen-bond donors (Lipinski definition) is 3. The number of imidazole rings is 1. The van der Waals surface area contributed by atoms with Gasteiger partial charge in [-0.1, -0.05) is 0 Å². The molecule has 4 N–H and O–H groups in total. The van der Waals surface area contributed by atoms with Crippen molar-refractivity contribution in [1.29, 1.82) is 0 Å². The summed E-state index contributed by atoms with van der Waals surface area (Å²) in [5, 5.41) is 19.0. The number of aliphatic hydroxyl groups excluding tert-OH is 1. The quantitative estimate of drug-likeness (QED) is 0.689. The minimum Gasteiger partial charge on any atom is -0.395 e. The molecule has 18 heavy (non-hydrogen) atoms. The first-order chi connectivity index (χ1) is 8.55. The third kappa shape index (κ3) is 1.43. The largest absolute Gasteiger partial charge is 0.395 e. The molecule has 8 heteroatoms. The van der Waals surface area contributed by atoms with Crippen molar-refractivity contribution in [3.8, 4) is 0 Å². The lowest BCUT2D eigenvalue weighted by Crippen LogP contribution is -2.55. The zero-order chi connectivity index (χ0) is 12.9. The first-order valence-electron chi connectivity index (χ1n) is 5.47. The Bertz CT molecular complexity index is 599. The topological polar surface area (TPSA) is 110 Å². The molecule has 0 spiro atoms. The Hall–Kier alpha value is -1.38. The third-order valence-electron chi connectivity index (χ3n) is 3.25. The Morgan fingerprint density at radius 2 is 2.28 bits per heavy atom. The normalized spacial score (nSPS) is 31.5. The molecule has 0 amide bonds. The van der Waals surface area contributed by atoms with E-state index in [1.807, 2.05) is 0 Å². The van der Waals surface area contributed by atoms with Gasteiger partial charge in [-0.15, -0.1) is 11.8 Å². The number of nitrogen functional groups attached to an aromatic ring is 1. The zero-order valence-corrected chi connectivity index (χ0v) is 10.5. The molecule has 0 radical (unpaired) electrons. The number of thioether (sulfide) groups is 1. The molecule has 2 aromatic heterocycles. The molecule has 0 bridgehead atoms. The fourth-order valence-corrected chi connectivity index (χ4v) is 3.44. The highest BCUT2D eigenvalue weighted by molar-refractivity contribution is 8.01. The van der Waals surface area contributed by atoms with Crippen LogP contribution in [-0.4, -0.2) is 47.2 Å². The average molecular weight is 267 g/mol. The summed E-state index contributed by atoms with van der Waals surface area (Å²) in [7, 11) is 0. The van der Waals surface area contributed by atoms with Crippen molar-refractivity contribution in [3.63, 3.8) is 0 Å². The summed E-state index contributed by atoms with van der Waals surface area (Å²) in [6.45, 7) is 1.64. The highest BCUT2D eigenvalue weighted by Crippen LogP contribution is 2.53. The molecular formula is C10H13N5O2S. The fraction of sp³-hybridized carbons (Fsp3) is 0.500. The molecule has 3 heterocycles. The van der Waals surface area contributed by atoms with E-state index in [2.05, 4.69) is 15.0 Å². The SMILES string of the molecule is CC1(O)C(CO)SC1n1cnc2c(N)ncnc21. The Morgan fingerprint density at radius 3 is 2.94 bits per heavy atom. The molecule has 1 aliphatic heterocycles. The Kier molecular flexibility index (Phi) is 2.47. The fourth-order valence-electron chi connectivity index (χ4n) is 2.13. The van der Waals surface area contributed by atoms with Gasteiger partial charge in [0.2, 0.25) is 0 Å². The van der Waals surface area contributed by atoms with Gasteiger partial charge in [-0.25, -0.2) is 15.0 Å². The lowest BCUT2D eigenvalue weighted by atomic mass is 10.0. The van der Waals surface area contributed by atoms with E-state index in [4.69, 9.17) is 10.8 Å². The van der Waals surface area contributed by atoms with Gasteiger partial charge in [-0.2, -0.15) is 0 Å². The maximum Gasteiger partial charge on any atom is 0.166 e. The van der Waals surface area contributed by atoms with Crippen LogP contribution >= 0.6 is 11.8 Å². The monoisotopic (exact) mass is 267 g/mol. The average Bonchev–Trinajstić information content (AvgIpc) is 2.74. The molecule has 96 valence electrons. The second kappa shape index (κ2) is 3.81. The number of fused-ring (bicyclic) bond motifs is 1. The second-order valence-electron chi connectivity index (χ2n) is 4.47. The van der Waals surface area contributed by atoms with Crippen LogP contribution in [0.1, 0.15) is 12.3 Å². The molecule has 1 fully saturated rings. The van der Waals surface area contributed by atoms with Crippen LogP contribution in [0.15, 0.2) is 12.7 Å². The predicted octanol–water partition coefficient (Wildman–Crippen LogP) is -0.234. The number of anilines is 1. The Morgan fingerprint density at radius 1 is 1.50 bits per heavy atom. The summed E-state index contributed by atoms with van der Waals surface area (Å²) >= 11 is 1.48. The summed E-state index contributed by atoms with van der Waals surface area (Å²) in [4.78, 5) is 12.2.